The molecule has 0 radical (unpaired) electrons. The third-order valence-electron chi connectivity index (χ3n) is 2.90. The van der Waals surface area contributed by atoms with Crippen molar-refractivity contribution in [1.29, 1.82) is 5.26 Å². The van der Waals surface area contributed by atoms with Gasteiger partial charge in [0.2, 0.25) is 5.16 Å². The topological polar surface area (TPSA) is 84.5 Å². The molecule has 0 fully saturated rings. The summed E-state index contributed by atoms with van der Waals surface area (Å²) in [5.41, 5.74) is 1.05. The average Bonchev–Trinajstić information content (AvgIpc) is 2.95. The molecule has 21 heavy (non-hydrogen) atoms. The number of nitrogens with zero attached hydrogens (tertiary/aromatic N) is 5. The fourth-order valence-electron chi connectivity index (χ4n) is 1.98. The lowest BCUT2D eigenvalue weighted by Crippen LogP contribution is -2.04. The van der Waals surface area contributed by atoms with Gasteiger partial charge in [-0.05, 0) is 24.3 Å². The maximum atomic E-state index is 11.6. The Kier molecular flexibility index (Phi) is 3.41. The van der Waals surface area contributed by atoms with Crippen molar-refractivity contribution in [2.75, 3.05) is 6.26 Å². The van der Waals surface area contributed by atoms with Gasteiger partial charge in [0.25, 0.3) is 0 Å². The number of rotatable bonds is 2. The van der Waals surface area contributed by atoms with Crippen LogP contribution in [0.1, 0.15) is 5.56 Å². The quantitative estimate of drug-likeness (QED) is 0.722. The Bertz CT molecular complexity index is 915. The number of pyridine rings is 1. The molecule has 0 amide bonds. The van der Waals surface area contributed by atoms with Gasteiger partial charge in [-0.3, -0.25) is 8.78 Å². The number of hydrogen-bond acceptors (Lipinski definition) is 5. The third kappa shape index (κ3) is 2.39. The van der Waals surface area contributed by atoms with Gasteiger partial charge in [0.15, 0.2) is 0 Å². The first-order valence-corrected chi connectivity index (χ1v) is 7.78. The minimum atomic E-state index is -1.31. The molecule has 3 rings (SSSR count). The molecule has 6 nitrogen and oxygen atoms in total. The Morgan fingerprint density at radius 3 is 2.90 bits per heavy atom. The van der Waals surface area contributed by atoms with Crippen LogP contribution in [-0.2, 0) is 10.8 Å². The zero-order chi connectivity index (χ0) is 15.0. The molecular weight excluding hydrogens is 310 g/mol. The molecule has 0 saturated heterocycles. The molecular formula is C13H8ClN5OS. The van der Waals surface area contributed by atoms with Crippen LogP contribution in [0.3, 0.4) is 0 Å². The summed E-state index contributed by atoms with van der Waals surface area (Å²) in [6.45, 7) is 0. The fraction of sp³-hybridized carbons (Fsp3) is 0.0769. The molecule has 1 aromatic carbocycles. The zero-order valence-electron chi connectivity index (χ0n) is 10.8. The van der Waals surface area contributed by atoms with E-state index < -0.39 is 10.8 Å². The highest BCUT2D eigenvalue weighted by molar-refractivity contribution is 7.84. The molecule has 1 atom stereocenters. The first-order chi connectivity index (χ1) is 10.1. The first-order valence-electron chi connectivity index (χ1n) is 5.84. The second kappa shape index (κ2) is 5.24. The van der Waals surface area contributed by atoms with Crippen LogP contribution in [-0.4, -0.2) is 30.2 Å². The molecule has 0 aliphatic heterocycles. The Morgan fingerprint density at radius 1 is 1.38 bits per heavy atom. The molecule has 0 spiro atoms. The van der Waals surface area contributed by atoms with Crippen LogP contribution in [0.5, 0.6) is 0 Å². The summed E-state index contributed by atoms with van der Waals surface area (Å²) in [6, 6.07) is 8.84. The van der Waals surface area contributed by atoms with Crippen molar-refractivity contribution in [2.24, 2.45) is 0 Å². The maximum Gasteiger partial charge on any atom is 0.226 e. The van der Waals surface area contributed by atoms with E-state index in [2.05, 4.69) is 21.3 Å². The number of hydrogen-bond donors (Lipinski definition) is 0. The van der Waals surface area contributed by atoms with E-state index in [1.165, 1.54) is 17.2 Å². The van der Waals surface area contributed by atoms with Gasteiger partial charge in [-0.1, -0.05) is 11.6 Å². The molecule has 2 heterocycles. The van der Waals surface area contributed by atoms with Gasteiger partial charge in [-0.15, -0.1) is 10.2 Å². The molecule has 0 aliphatic carbocycles. The number of fused-ring (bicyclic) bond motifs is 1. The van der Waals surface area contributed by atoms with E-state index in [4.69, 9.17) is 11.6 Å². The van der Waals surface area contributed by atoms with Gasteiger partial charge in [-0.25, -0.2) is 4.98 Å². The summed E-state index contributed by atoms with van der Waals surface area (Å²) in [5.74, 6) is 0.441. The Balaban J connectivity index is 2.30. The summed E-state index contributed by atoms with van der Waals surface area (Å²) >= 11 is 5.95. The molecule has 0 N–H and O–H groups in total. The van der Waals surface area contributed by atoms with Gasteiger partial charge >= 0.3 is 0 Å². The van der Waals surface area contributed by atoms with Crippen molar-refractivity contribution in [3.63, 3.8) is 0 Å². The lowest BCUT2D eigenvalue weighted by molar-refractivity contribution is 0.675. The first kappa shape index (κ1) is 13.7. The van der Waals surface area contributed by atoms with E-state index in [0.717, 1.165) is 0 Å². The van der Waals surface area contributed by atoms with Crippen molar-refractivity contribution in [3.8, 4) is 11.9 Å². The lowest BCUT2D eigenvalue weighted by Gasteiger charge is -2.07. The summed E-state index contributed by atoms with van der Waals surface area (Å²) in [7, 11) is -1.31. The van der Waals surface area contributed by atoms with Gasteiger partial charge in [0, 0.05) is 16.7 Å². The van der Waals surface area contributed by atoms with E-state index in [-0.39, 0.29) is 5.16 Å². The second-order valence-electron chi connectivity index (χ2n) is 4.24. The number of benzene rings is 1. The third-order valence-corrected chi connectivity index (χ3v) is 3.93. The second-order valence-corrected chi connectivity index (χ2v) is 5.95. The molecule has 3 aromatic rings. The van der Waals surface area contributed by atoms with Crippen LogP contribution in [0, 0.1) is 11.3 Å². The van der Waals surface area contributed by atoms with E-state index in [1.807, 2.05) is 0 Å². The van der Waals surface area contributed by atoms with Crippen molar-refractivity contribution < 1.29 is 4.21 Å². The molecule has 0 bridgehead atoms. The fourth-order valence-corrected chi connectivity index (χ4v) is 2.73. The van der Waals surface area contributed by atoms with Crippen LogP contribution in [0.25, 0.3) is 16.7 Å². The van der Waals surface area contributed by atoms with Crippen LogP contribution in [0.2, 0.25) is 5.02 Å². The molecule has 0 saturated carbocycles. The van der Waals surface area contributed by atoms with Crippen LogP contribution >= 0.6 is 11.6 Å². The van der Waals surface area contributed by atoms with Crippen molar-refractivity contribution in [2.45, 2.75) is 5.16 Å². The van der Waals surface area contributed by atoms with Gasteiger partial charge < -0.3 is 0 Å². The number of aromatic nitrogens is 4. The largest absolute Gasteiger partial charge is 0.258 e. The molecule has 2 aromatic heterocycles. The molecule has 104 valence electrons. The highest BCUT2D eigenvalue weighted by Gasteiger charge is 2.13. The monoisotopic (exact) mass is 317 g/mol. The van der Waals surface area contributed by atoms with Crippen molar-refractivity contribution in [3.05, 3.63) is 41.2 Å². The van der Waals surface area contributed by atoms with Gasteiger partial charge in [-0.2, -0.15) is 5.26 Å². The van der Waals surface area contributed by atoms with Crippen LogP contribution in [0.15, 0.2) is 35.7 Å². The summed E-state index contributed by atoms with van der Waals surface area (Å²) in [5, 5.41) is 18.3. The summed E-state index contributed by atoms with van der Waals surface area (Å²) < 4.78 is 13.1. The molecule has 0 aliphatic rings. The SMILES string of the molecule is C[S@](=O)c1nncn1-c1cc(C#N)c2cc(Cl)ccc2n1. The Labute approximate surface area is 127 Å². The Morgan fingerprint density at radius 2 is 2.19 bits per heavy atom. The zero-order valence-corrected chi connectivity index (χ0v) is 12.4. The molecule has 0 unspecified atom stereocenters. The average molecular weight is 318 g/mol. The van der Waals surface area contributed by atoms with Crippen LogP contribution in [0.4, 0.5) is 0 Å². The van der Waals surface area contributed by atoms with Crippen LogP contribution < -0.4 is 0 Å². The molecule has 8 heteroatoms. The minimum absolute atomic E-state index is 0.278. The predicted molar refractivity (Wildman–Crippen MR) is 78.7 cm³/mol. The number of nitriles is 1. The standard InChI is InChI=1S/C13H8ClN5OS/c1-21(20)13-18-16-7-19(13)12-4-8(6-15)10-5-9(14)2-3-11(10)17-12/h2-5,7H,1H3/t21-/m0/s1. The maximum absolute atomic E-state index is 11.6. The van der Waals surface area contributed by atoms with E-state index in [0.29, 0.717) is 27.3 Å². The van der Waals surface area contributed by atoms with Crippen molar-refractivity contribution in [1.82, 2.24) is 19.7 Å². The van der Waals surface area contributed by atoms with Gasteiger partial charge in [0.1, 0.15) is 12.1 Å². The predicted octanol–water partition coefficient (Wildman–Crippen LogP) is 2.08. The van der Waals surface area contributed by atoms with E-state index in [9.17, 15) is 9.47 Å². The van der Waals surface area contributed by atoms with E-state index in [1.54, 1.807) is 24.3 Å². The smallest absolute Gasteiger partial charge is 0.226 e. The van der Waals surface area contributed by atoms with Gasteiger partial charge in [0.05, 0.1) is 27.9 Å². The Hall–Kier alpha value is -2.30. The minimum Gasteiger partial charge on any atom is -0.258 e. The highest BCUT2D eigenvalue weighted by Crippen LogP contribution is 2.24. The normalized spacial score (nSPS) is 12.2. The summed E-state index contributed by atoms with van der Waals surface area (Å²) in [4.78, 5) is 4.45. The summed E-state index contributed by atoms with van der Waals surface area (Å²) in [6.07, 6.45) is 2.93. The lowest BCUT2D eigenvalue weighted by atomic mass is 10.1. The number of halogens is 1. The van der Waals surface area contributed by atoms with E-state index >= 15 is 0 Å². The highest BCUT2D eigenvalue weighted by atomic mass is 35.5. The van der Waals surface area contributed by atoms with Crippen molar-refractivity contribution >= 4 is 33.3 Å².